The van der Waals surface area contributed by atoms with Crippen LogP contribution in [-0.2, 0) is 23.9 Å². The van der Waals surface area contributed by atoms with Crippen molar-refractivity contribution in [2.45, 2.75) is 65.5 Å². The molecule has 0 spiro atoms. The first-order valence-electron chi connectivity index (χ1n) is 10.7. The Morgan fingerprint density at radius 1 is 0.719 bits per heavy atom. The van der Waals surface area contributed by atoms with Gasteiger partial charge in [0, 0.05) is 23.9 Å². The van der Waals surface area contributed by atoms with Gasteiger partial charge in [-0.25, -0.2) is 0 Å². The molecule has 3 rings (SSSR count). The molecule has 2 heterocycles. The minimum Gasteiger partial charge on any atom is -0.348 e. The summed E-state index contributed by atoms with van der Waals surface area (Å²) in [5.74, 6) is -0.315. The van der Waals surface area contributed by atoms with E-state index in [0.29, 0.717) is 24.2 Å². The highest BCUT2D eigenvalue weighted by atomic mass is 16.2. The zero-order chi connectivity index (χ0) is 23.5. The van der Waals surface area contributed by atoms with E-state index in [1.165, 1.54) is 0 Å². The van der Waals surface area contributed by atoms with E-state index >= 15 is 0 Å². The molecule has 0 aliphatic carbocycles. The molecule has 0 bridgehead atoms. The topological polar surface area (TPSA) is 116 Å². The summed E-state index contributed by atoms with van der Waals surface area (Å²) in [5, 5.41) is 19.8. The molecular weight excluding hydrogens is 404 g/mol. The molecule has 170 valence electrons. The molecule has 0 saturated heterocycles. The number of aromatic amines is 2. The van der Waals surface area contributed by atoms with Crippen LogP contribution in [0, 0.1) is 0 Å². The summed E-state index contributed by atoms with van der Waals surface area (Å²) in [6.45, 7) is 13.0. The number of hydrogen-bond donors (Lipinski definition) is 4. The van der Waals surface area contributed by atoms with Crippen LogP contribution >= 0.6 is 0 Å². The van der Waals surface area contributed by atoms with Crippen LogP contribution in [0.4, 0.5) is 0 Å². The standard InChI is InChI=1S/C24H32N6O2/c1-23(2,3)19-17(13-27-29-19)21(31)25-11-15-7-9-16(10-8-15)12-26-22(32)18-14-28-30-20(18)24(4,5)6/h7-10,13-14H,11-12H2,1-6H3,(H,25,31)(H,26,32)(H,27,29)(H,28,30). The predicted molar refractivity (Wildman–Crippen MR) is 123 cm³/mol. The van der Waals surface area contributed by atoms with E-state index in [2.05, 4.69) is 31.0 Å². The molecule has 0 fully saturated rings. The van der Waals surface area contributed by atoms with Gasteiger partial charge < -0.3 is 10.6 Å². The molecule has 4 N–H and O–H groups in total. The van der Waals surface area contributed by atoms with E-state index in [4.69, 9.17) is 0 Å². The summed E-state index contributed by atoms with van der Waals surface area (Å²) in [5.41, 5.74) is 4.30. The lowest BCUT2D eigenvalue weighted by atomic mass is 9.89. The maximum Gasteiger partial charge on any atom is 0.255 e. The number of H-pyrrole nitrogens is 2. The van der Waals surface area contributed by atoms with Gasteiger partial charge in [-0.3, -0.25) is 19.8 Å². The highest BCUT2D eigenvalue weighted by molar-refractivity contribution is 5.95. The Morgan fingerprint density at radius 2 is 1.06 bits per heavy atom. The smallest absolute Gasteiger partial charge is 0.255 e. The van der Waals surface area contributed by atoms with Crippen LogP contribution in [0.3, 0.4) is 0 Å². The monoisotopic (exact) mass is 436 g/mol. The van der Waals surface area contributed by atoms with Crippen LogP contribution in [0.1, 0.15) is 84.8 Å². The Morgan fingerprint density at radius 3 is 1.38 bits per heavy atom. The SMILES string of the molecule is CC(C)(C)c1[nH]ncc1C(=O)NCc1ccc(CNC(=O)c2cn[nH]c2C(C)(C)C)cc1. The Bertz CT molecular complexity index is 994. The molecule has 8 heteroatoms. The first-order valence-corrected chi connectivity index (χ1v) is 10.7. The van der Waals surface area contributed by atoms with E-state index in [1.54, 1.807) is 12.4 Å². The zero-order valence-corrected chi connectivity index (χ0v) is 19.6. The molecule has 1 aromatic carbocycles. The van der Waals surface area contributed by atoms with Crippen molar-refractivity contribution in [3.8, 4) is 0 Å². The Labute approximate surface area is 188 Å². The summed E-state index contributed by atoms with van der Waals surface area (Å²) < 4.78 is 0. The average molecular weight is 437 g/mol. The zero-order valence-electron chi connectivity index (χ0n) is 19.6. The normalized spacial score (nSPS) is 11.9. The van der Waals surface area contributed by atoms with Gasteiger partial charge in [0.1, 0.15) is 0 Å². The van der Waals surface area contributed by atoms with Crippen molar-refractivity contribution >= 4 is 11.8 Å². The van der Waals surface area contributed by atoms with E-state index < -0.39 is 0 Å². The average Bonchev–Trinajstić information content (AvgIpc) is 3.40. The van der Waals surface area contributed by atoms with Gasteiger partial charge in [-0.05, 0) is 11.1 Å². The van der Waals surface area contributed by atoms with Crippen LogP contribution in [0.2, 0.25) is 0 Å². The van der Waals surface area contributed by atoms with Crippen molar-refractivity contribution in [2.24, 2.45) is 0 Å². The molecule has 2 amide bonds. The van der Waals surface area contributed by atoms with Crippen molar-refractivity contribution in [3.05, 3.63) is 70.3 Å². The van der Waals surface area contributed by atoms with Crippen molar-refractivity contribution < 1.29 is 9.59 Å². The molecule has 0 aliphatic heterocycles. The third-order valence-corrected chi connectivity index (χ3v) is 5.20. The second-order valence-corrected chi connectivity index (χ2v) is 10.00. The molecule has 2 aromatic heterocycles. The van der Waals surface area contributed by atoms with Crippen molar-refractivity contribution in [1.29, 1.82) is 0 Å². The van der Waals surface area contributed by atoms with Gasteiger partial charge in [0.25, 0.3) is 11.8 Å². The maximum absolute atomic E-state index is 12.6. The number of benzene rings is 1. The molecule has 3 aromatic rings. The second kappa shape index (κ2) is 8.98. The fourth-order valence-corrected chi connectivity index (χ4v) is 3.39. The Hall–Kier alpha value is -3.42. The van der Waals surface area contributed by atoms with Crippen molar-refractivity contribution in [2.75, 3.05) is 0 Å². The molecule has 32 heavy (non-hydrogen) atoms. The minimum absolute atomic E-state index is 0.158. The number of rotatable bonds is 6. The quantitative estimate of drug-likeness (QED) is 0.473. The van der Waals surface area contributed by atoms with Gasteiger partial charge in [0.2, 0.25) is 0 Å². The van der Waals surface area contributed by atoms with Gasteiger partial charge in [-0.15, -0.1) is 0 Å². The first-order chi connectivity index (χ1) is 15.0. The number of carbonyl (C=O) groups is 2. The maximum atomic E-state index is 12.6. The first kappa shape index (κ1) is 23.2. The number of aromatic nitrogens is 4. The molecule has 0 saturated carbocycles. The van der Waals surface area contributed by atoms with E-state index in [-0.39, 0.29) is 22.6 Å². The highest BCUT2D eigenvalue weighted by Gasteiger charge is 2.24. The van der Waals surface area contributed by atoms with Crippen LogP contribution in [-0.4, -0.2) is 32.2 Å². The second-order valence-electron chi connectivity index (χ2n) is 10.00. The Kier molecular flexibility index (Phi) is 6.52. The highest BCUT2D eigenvalue weighted by Crippen LogP contribution is 2.24. The number of nitrogens with one attached hydrogen (secondary N) is 4. The molecule has 8 nitrogen and oxygen atoms in total. The van der Waals surface area contributed by atoms with E-state index in [9.17, 15) is 9.59 Å². The third kappa shape index (κ3) is 5.43. The summed E-state index contributed by atoms with van der Waals surface area (Å²) in [6, 6.07) is 7.78. The molecule has 0 aliphatic rings. The Balaban J connectivity index is 1.55. The van der Waals surface area contributed by atoms with Crippen LogP contribution in [0.25, 0.3) is 0 Å². The van der Waals surface area contributed by atoms with Crippen LogP contribution < -0.4 is 10.6 Å². The number of hydrogen-bond acceptors (Lipinski definition) is 4. The number of carbonyl (C=O) groups excluding carboxylic acids is 2. The van der Waals surface area contributed by atoms with Gasteiger partial charge in [-0.1, -0.05) is 65.8 Å². The van der Waals surface area contributed by atoms with Crippen molar-refractivity contribution in [1.82, 2.24) is 31.0 Å². The van der Waals surface area contributed by atoms with Crippen LogP contribution in [0.5, 0.6) is 0 Å². The summed E-state index contributed by atoms with van der Waals surface area (Å²) in [4.78, 5) is 25.2. The lowest BCUT2D eigenvalue weighted by Gasteiger charge is -2.18. The third-order valence-electron chi connectivity index (χ3n) is 5.20. The van der Waals surface area contributed by atoms with E-state index in [1.807, 2.05) is 65.8 Å². The summed E-state index contributed by atoms with van der Waals surface area (Å²) in [7, 11) is 0. The number of amides is 2. The molecule has 0 atom stereocenters. The lowest BCUT2D eigenvalue weighted by molar-refractivity contribution is 0.0940. The molecule has 0 radical (unpaired) electrons. The minimum atomic E-state index is -0.195. The fourth-order valence-electron chi connectivity index (χ4n) is 3.39. The van der Waals surface area contributed by atoms with Crippen LogP contribution in [0.15, 0.2) is 36.7 Å². The van der Waals surface area contributed by atoms with Gasteiger partial charge >= 0.3 is 0 Å². The van der Waals surface area contributed by atoms with E-state index in [0.717, 1.165) is 22.5 Å². The lowest BCUT2D eigenvalue weighted by Crippen LogP contribution is -2.26. The number of nitrogens with zero attached hydrogens (tertiary/aromatic N) is 2. The van der Waals surface area contributed by atoms with Crippen molar-refractivity contribution in [3.63, 3.8) is 0 Å². The molecular formula is C24H32N6O2. The predicted octanol–water partition coefficient (Wildman–Crippen LogP) is 3.59. The summed E-state index contributed by atoms with van der Waals surface area (Å²) in [6.07, 6.45) is 3.12. The molecule has 0 unspecified atom stereocenters. The largest absolute Gasteiger partial charge is 0.348 e. The summed E-state index contributed by atoms with van der Waals surface area (Å²) >= 11 is 0. The fraction of sp³-hybridized carbons (Fsp3) is 0.417. The van der Waals surface area contributed by atoms with Gasteiger partial charge in [-0.2, -0.15) is 10.2 Å². The van der Waals surface area contributed by atoms with Gasteiger partial charge in [0.15, 0.2) is 0 Å². The van der Waals surface area contributed by atoms with Gasteiger partial charge in [0.05, 0.1) is 34.9 Å².